The lowest BCUT2D eigenvalue weighted by atomic mass is 10.1. The summed E-state index contributed by atoms with van der Waals surface area (Å²) in [5, 5.41) is 6.96. The van der Waals surface area contributed by atoms with Gasteiger partial charge in [-0.25, -0.2) is 8.42 Å². The Morgan fingerprint density at radius 2 is 2.12 bits per heavy atom. The first-order valence-corrected chi connectivity index (χ1v) is 10.1. The number of carbonyl (C=O) groups is 2. The Morgan fingerprint density at radius 3 is 2.81 bits per heavy atom. The van der Waals surface area contributed by atoms with Crippen LogP contribution in [0.5, 0.6) is 0 Å². The molecule has 3 rings (SSSR count). The topological polar surface area (TPSA) is 124 Å². The summed E-state index contributed by atoms with van der Waals surface area (Å²) in [6.07, 6.45) is 4.08. The summed E-state index contributed by atoms with van der Waals surface area (Å²) in [7, 11) is -3.04. The molecular weight excluding hydrogens is 356 g/mol. The van der Waals surface area contributed by atoms with Crippen molar-refractivity contribution < 1.29 is 18.0 Å². The third kappa shape index (κ3) is 4.48. The van der Waals surface area contributed by atoms with E-state index < -0.39 is 15.7 Å². The highest BCUT2D eigenvalue weighted by molar-refractivity contribution is 7.91. The van der Waals surface area contributed by atoms with Crippen LogP contribution in [-0.4, -0.2) is 47.6 Å². The Bertz CT molecular complexity index is 936. The number of hydrogen-bond donors (Lipinski definition) is 2. The molecule has 138 valence electrons. The molecule has 8 nitrogen and oxygen atoms in total. The number of nitrogens with one attached hydrogen (secondary N) is 1. The van der Waals surface area contributed by atoms with Crippen molar-refractivity contribution >= 4 is 21.7 Å². The van der Waals surface area contributed by atoms with Crippen molar-refractivity contribution in [1.82, 2.24) is 15.1 Å². The summed E-state index contributed by atoms with van der Waals surface area (Å²) in [5.74, 6) is -0.585. The number of aromatic nitrogens is 2. The smallest absolute Gasteiger partial charge is 0.251 e. The number of aryl methyl sites for hydroxylation is 1. The molecule has 1 aromatic heterocycles. The van der Waals surface area contributed by atoms with Crippen molar-refractivity contribution in [2.24, 2.45) is 5.73 Å². The highest BCUT2D eigenvalue weighted by Crippen LogP contribution is 2.20. The molecule has 1 aromatic carbocycles. The van der Waals surface area contributed by atoms with E-state index in [0.717, 1.165) is 11.1 Å². The zero-order chi connectivity index (χ0) is 18.7. The highest BCUT2D eigenvalue weighted by atomic mass is 32.2. The average molecular weight is 376 g/mol. The molecule has 0 spiro atoms. The van der Waals surface area contributed by atoms with Crippen molar-refractivity contribution in [2.45, 2.75) is 25.4 Å². The normalized spacial score (nSPS) is 18.5. The van der Waals surface area contributed by atoms with Gasteiger partial charge in [-0.1, -0.05) is 12.1 Å². The minimum absolute atomic E-state index is 0.00886. The van der Waals surface area contributed by atoms with Gasteiger partial charge in [-0.3, -0.25) is 14.3 Å². The van der Waals surface area contributed by atoms with Crippen LogP contribution in [0.4, 0.5) is 0 Å². The maximum Gasteiger partial charge on any atom is 0.251 e. The fourth-order valence-electron chi connectivity index (χ4n) is 2.88. The average Bonchev–Trinajstić information content (AvgIpc) is 3.19. The van der Waals surface area contributed by atoms with E-state index in [-0.39, 0.29) is 29.9 Å². The SMILES string of the molecule is NC(=O)CCn1cc(-c2cccc(C(=O)N[C@@H]3CCS(=O)(=O)C3)c2)cn1. The zero-order valence-electron chi connectivity index (χ0n) is 14.1. The lowest BCUT2D eigenvalue weighted by Crippen LogP contribution is -2.35. The predicted molar refractivity (Wildman–Crippen MR) is 96.0 cm³/mol. The molecule has 1 fully saturated rings. The second-order valence-electron chi connectivity index (χ2n) is 6.36. The molecule has 3 N–H and O–H groups in total. The molecule has 2 amide bonds. The molecule has 26 heavy (non-hydrogen) atoms. The lowest BCUT2D eigenvalue weighted by molar-refractivity contribution is -0.118. The van der Waals surface area contributed by atoms with E-state index in [2.05, 4.69) is 10.4 Å². The van der Waals surface area contributed by atoms with Gasteiger partial charge in [0, 0.05) is 36.3 Å². The van der Waals surface area contributed by atoms with E-state index in [1.807, 2.05) is 6.07 Å². The Kier molecular flexibility index (Phi) is 5.08. The Hall–Kier alpha value is -2.68. The molecule has 2 aromatic rings. The summed E-state index contributed by atoms with van der Waals surface area (Å²) in [5.41, 5.74) is 7.21. The number of benzene rings is 1. The number of primary amides is 1. The van der Waals surface area contributed by atoms with Gasteiger partial charge in [0.15, 0.2) is 9.84 Å². The van der Waals surface area contributed by atoms with Crippen LogP contribution in [0.25, 0.3) is 11.1 Å². The zero-order valence-corrected chi connectivity index (χ0v) is 14.9. The van der Waals surface area contributed by atoms with Crippen molar-refractivity contribution in [3.8, 4) is 11.1 Å². The number of nitrogens with two attached hydrogens (primary N) is 1. The van der Waals surface area contributed by atoms with Crippen LogP contribution < -0.4 is 11.1 Å². The number of amides is 2. The maximum absolute atomic E-state index is 12.4. The molecule has 0 saturated carbocycles. The molecule has 1 aliphatic rings. The van der Waals surface area contributed by atoms with Gasteiger partial charge in [-0.15, -0.1) is 0 Å². The van der Waals surface area contributed by atoms with Gasteiger partial charge in [0.2, 0.25) is 5.91 Å². The molecular formula is C17H20N4O4S. The number of nitrogens with zero attached hydrogens (tertiary/aromatic N) is 2. The molecule has 1 aliphatic heterocycles. The second kappa shape index (κ2) is 7.28. The number of sulfone groups is 1. The van der Waals surface area contributed by atoms with Gasteiger partial charge in [-0.05, 0) is 24.1 Å². The van der Waals surface area contributed by atoms with Crippen LogP contribution in [0.2, 0.25) is 0 Å². The van der Waals surface area contributed by atoms with E-state index in [0.29, 0.717) is 18.5 Å². The summed E-state index contributed by atoms with van der Waals surface area (Å²) < 4.78 is 24.6. The first-order chi connectivity index (χ1) is 12.3. The van der Waals surface area contributed by atoms with Crippen LogP contribution >= 0.6 is 0 Å². The minimum Gasteiger partial charge on any atom is -0.370 e. The number of carbonyl (C=O) groups excluding carboxylic acids is 2. The minimum atomic E-state index is -3.04. The first kappa shape index (κ1) is 18.1. The van der Waals surface area contributed by atoms with Crippen molar-refractivity contribution in [3.05, 3.63) is 42.2 Å². The summed E-state index contributed by atoms with van der Waals surface area (Å²) in [6.45, 7) is 0.395. The van der Waals surface area contributed by atoms with Gasteiger partial charge in [0.25, 0.3) is 5.91 Å². The van der Waals surface area contributed by atoms with E-state index in [4.69, 9.17) is 5.73 Å². The van der Waals surface area contributed by atoms with E-state index in [1.54, 1.807) is 35.3 Å². The lowest BCUT2D eigenvalue weighted by Gasteiger charge is -2.11. The fourth-order valence-corrected chi connectivity index (χ4v) is 4.55. The van der Waals surface area contributed by atoms with Gasteiger partial charge in [-0.2, -0.15) is 5.10 Å². The molecule has 0 unspecified atom stereocenters. The number of rotatable bonds is 6. The molecule has 0 aliphatic carbocycles. The largest absolute Gasteiger partial charge is 0.370 e. The fraction of sp³-hybridized carbons (Fsp3) is 0.353. The van der Waals surface area contributed by atoms with Gasteiger partial charge in [0.1, 0.15) is 0 Å². The monoisotopic (exact) mass is 376 g/mol. The standard InChI is InChI=1S/C17H20N4O4S/c18-16(22)4-6-21-10-14(9-19-21)12-2-1-3-13(8-12)17(23)20-15-5-7-26(24,25)11-15/h1-3,8-10,15H,4-7,11H2,(H2,18,22)(H,20,23)/t15-/m1/s1. The maximum atomic E-state index is 12.4. The molecule has 1 saturated heterocycles. The second-order valence-corrected chi connectivity index (χ2v) is 8.59. The molecule has 9 heteroatoms. The van der Waals surface area contributed by atoms with Crippen molar-refractivity contribution in [2.75, 3.05) is 11.5 Å². The van der Waals surface area contributed by atoms with Gasteiger partial charge >= 0.3 is 0 Å². The van der Waals surface area contributed by atoms with Crippen molar-refractivity contribution in [3.63, 3.8) is 0 Å². The third-order valence-corrected chi connectivity index (χ3v) is 6.01. The first-order valence-electron chi connectivity index (χ1n) is 8.25. The third-order valence-electron chi connectivity index (χ3n) is 4.25. The Labute approximate surface area is 151 Å². The van der Waals surface area contributed by atoms with Gasteiger partial charge in [0.05, 0.1) is 17.7 Å². The summed E-state index contributed by atoms with van der Waals surface area (Å²) in [6, 6.07) is 6.68. The Balaban J connectivity index is 1.70. The van der Waals surface area contributed by atoms with Crippen LogP contribution in [0.1, 0.15) is 23.2 Å². The molecule has 0 radical (unpaired) electrons. The molecule has 1 atom stereocenters. The Morgan fingerprint density at radius 1 is 1.31 bits per heavy atom. The van der Waals surface area contributed by atoms with E-state index in [1.165, 1.54) is 0 Å². The van der Waals surface area contributed by atoms with E-state index in [9.17, 15) is 18.0 Å². The van der Waals surface area contributed by atoms with Crippen LogP contribution in [0.3, 0.4) is 0 Å². The van der Waals surface area contributed by atoms with Crippen LogP contribution in [0.15, 0.2) is 36.7 Å². The van der Waals surface area contributed by atoms with E-state index >= 15 is 0 Å². The number of hydrogen-bond acceptors (Lipinski definition) is 5. The van der Waals surface area contributed by atoms with Crippen LogP contribution in [-0.2, 0) is 21.2 Å². The predicted octanol–water partition coefficient (Wildman–Crippen LogP) is 0.342. The molecule has 2 heterocycles. The van der Waals surface area contributed by atoms with Gasteiger partial charge < -0.3 is 11.1 Å². The summed E-state index contributed by atoms with van der Waals surface area (Å²) >= 11 is 0. The quantitative estimate of drug-likeness (QED) is 0.752. The molecule has 0 bridgehead atoms. The van der Waals surface area contributed by atoms with Crippen molar-refractivity contribution in [1.29, 1.82) is 0 Å². The summed E-state index contributed by atoms with van der Waals surface area (Å²) in [4.78, 5) is 23.3. The van der Waals surface area contributed by atoms with Crippen LogP contribution in [0, 0.1) is 0 Å². The highest BCUT2D eigenvalue weighted by Gasteiger charge is 2.29.